The second-order valence-electron chi connectivity index (χ2n) is 6.26. The Kier molecular flexibility index (Phi) is 10.1. The van der Waals surface area contributed by atoms with E-state index in [4.69, 9.17) is 5.11 Å². The zero-order valence-electron chi connectivity index (χ0n) is 13.2. The highest BCUT2D eigenvalue weighted by Crippen LogP contribution is 2.22. The van der Waals surface area contributed by atoms with Gasteiger partial charge in [-0.3, -0.25) is 4.79 Å². The molecule has 4 nitrogen and oxygen atoms in total. The van der Waals surface area contributed by atoms with Crippen LogP contribution in [0.15, 0.2) is 0 Å². The molecule has 122 valence electrons. The van der Waals surface area contributed by atoms with Crippen LogP contribution in [0.2, 0.25) is 0 Å². The van der Waals surface area contributed by atoms with Crippen LogP contribution in [-0.4, -0.2) is 29.9 Å². The minimum Gasteiger partial charge on any atom is -0.481 e. The van der Waals surface area contributed by atoms with Crippen molar-refractivity contribution in [1.29, 1.82) is 0 Å². The van der Waals surface area contributed by atoms with Gasteiger partial charge in [-0.1, -0.05) is 44.9 Å². The Morgan fingerprint density at radius 1 is 1.00 bits per heavy atom. The standard InChI is InChI=1S/C17H31NO3/c19-14-15-10-7-8-11-16(15)18-13-9-5-3-1-2-4-6-12-17(20)21/h14-16,18H,1-13H2,(H,20,21). The third-order valence-electron chi connectivity index (χ3n) is 4.47. The van der Waals surface area contributed by atoms with Gasteiger partial charge in [-0.2, -0.15) is 0 Å². The Hall–Kier alpha value is -0.900. The molecule has 0 aliphatic heterocycles. The number of aliphatic carboxylic acids is 1. The highest BCUT2D eigenvalue weighted by atomic mass is 16.4. The largest absolute Gasteiger partial charge is 0.481 e. The van der Waals surface area contributed by atoms with Gasteiger partial charge in [0, 0.05) is 18.4 Å². The maximum atomic E-state index is 11.0. The van der Waals surface area contributed by atoms with E-state index in [-0.39, 0.29) is 5.92 Å². The quantitative estimate of drug-likeness (QED) is 0.427. The molecule has 0 spiro atoms. The topological polar surface area (TPSA) is 66.4 Å². The zero-order chi connectivity index (χ0) is 15.3. The maximum Gasteiger partial charge on any atom is 0.303 e. The summed E-state index contributed by atoms with van der Waals surface area (Å²) >= 11 is 0. The molecule has 0 aromatic heterocycles. The number of carboxylic acid groups (broad SMARTS) is 1. The fourth-order valence-electron chi connectivity index (χ4n) is 3.15. The van der Waals surface area contributed by atoms with Crippen LogP contribution in [0.4, 0.5) is 0 Å². The van der Waals surface area contributed by atoms with Crippen molar-refractivity contribution in [1.82, 2.24) is 5.32 Å². The van der Waals surface area contributed by atoms with Crippen molar-refractivity contribution in [3.05, 3.63) is 0 Å². The lowest BCUT2D eigenvalue weighted by molar-refractivity contribution is -0.137. The van der Waals surface area contributed by atoms with Crippen LogP contribution in [0.1, 0.15) is 77.0 Å². The predicted molar refractivity (Wildman–Crippen MR) is 84.4 cm³/mol. The van der Waals surface area contributed by atoms with Gasteiger partial charge in [-0.25, -0.2) is 0 Å². The van der Waals surface area contributed by atoms with Crippen LogP contribution in [0.25, 0.3) is 0 Å². The number of rotatable bonds is 12. The number of unbranched alkanes of at least 4 members (excludes halogenated alkanes) is 6. The molecule has 0 heterocycles. The smallest absolute Gasteiger partial charge is 0.303 e. The maximum absolute atomic E-state index is 11.0. The first-order valence-corrected chi connectivity index (χ1v) is 8.64. The van der Waals surface area contributed by atoms with E-state index in [1.54, 1.807) is 0 Å². The summed E-state index contributed by atoms with van der Waals surface area (Å²) in [7, 11) is 0. The molecule has 2 atom stereocenters. The molecule has 1 aliphatic rings. The molecule has 1 aliphatic carbocycles. The van der Waals surface area contributed by atoms with Gasteiger partial charge in [0.25, 0.3) is 0 Å². The first-order chi connectivity index (χ1) is 10.2. The van der Waals surface area contributed by atoms with E-state index in [1.165, 1.54) is 38.5 Å². The summed E-state index contributed by atoms with van der Waals surface area (Å²) in [5, 5.41) is 12.1. The molecule has 0 aromatic rings. The number of nitrogens with one attached hydrogen (secondary N) is 1. The van der Waals surface area contributed by atoms with Crippen molar-refractivity contribution in [2.75, 3.05) is 6.54 Å². The minimum absolute atomic E-state index is 0.230. The van der Waals surface area contributed by atoms with Gasteiger partial charge in [-0.15, -0.1) is 0 Å². The Bertz CT molecular complexity index is 294. The Labute approximate surface area is 128 Å². The van der Waals surface area contributed by atoms with Crippen LogP contribution < -0.4 is 5.32 Å². The van der Waals surface area contributed by atoms with Gasteiger partial charge in [-0.05, 0) is 32.2 Å². The van der Waals surface area contributed by atoms with Gasteiger partial charge in [0.2, 0.25) is 0 Å². The van der Waals surface area contributed by atoms with E-state index in [0.717, 1.165) is 44.9 Å². The van der Waals surface area contributed by atoms with Crippen LogP contribution in [0, 0.1) is 5.92 Å². The first kappa shape index (κ1) is 18.1. The van der Waals surface area contributed by atoms with Crippen LogP contribution >= 0.6 is 0 Å². The molecule has 0 bridgehead atoms. The lowest BCUT2D eigenvalue weighted by Crippen LogP contribution is -2.39. The molecule has 0 amide bonds. The molecule has 0 saturated heterocycles. The minimum atomic E-state index is -0.683. The van der Waals surface area contributed by atoms with E-state index in [0.29, 0.717) is 12.5 Å². The fourth-order valence-corrected chi connectivity index (χ4v) is 3.15. The van der Waals surface area contributed by atoms with E-state index in [2.05, 4.69) is 5.32 Å². The summed E-state index contributed by atoms with van der Waals surface area (Å²) in [4.78, 5) is 21.3. The monoisotopic (exact) mass is 297 g/mol. The number of carboxylic acids is 1. The summed E-state index contributed by atoms with van der Waals surface area (Å²) in [5.41, 5.74) is 0. The third-order valence-corrected chi connectivity index (χ3v) is 4.47. The Morgan fingerprint density at radius 2 is 1.62 bits per heavy atom. The SMILES string of the molecule is O=CC1CCCCC1NCCCCCCCCCC(=O)O. The average molecular weight is 297 g/mol. The molecular formula is C17H31NO3. The average Bonchev–Trinajstić information content (AvgIpc) is 2.49. The van der Waals surface area contributed by atoms with E-state index < -0.39 is 5.97 Å². The molecule has 1 rings (SSSR count). The highest BCUT2D eigenvalue weighted by Gasteiger charge is 2.23. The molecule has 4 heteroatoms. The summed E-state index contributed by atoms with van der Waals surface area (Å²) in [6, 6.07) is 0.410. The number of carbonyl (C=O) groups excluding carboxylic acids is 1. The van der Waals surface area contributed by atoms with Crippen molar-refractivity contribution >= 4 is 12.3 Å². The van der Waals surface area contributed by atoms with E-state index in [1.807, 2.05) is 0 Å². The van der Waals surface area contributed by atoms with Gasteiger partial charge >= 0.3 is 5.97 Å². The molecular weight excluding hydrogens is 266 g/mol. The normalized spacial score (nSPS) is 22.1. The van der Waals surface area contributed by atoms with Crippen LogP contribution in [0.3, 0.4) is 0 Å². The summed E-state index contributed by atoms with van der Waals surface area (Å²) in [6.45, 7) is 1.02. The van der Waals surface area contributed by atoms with Crippen LogP contribution in [-0.2, 0) is 9.59 Å². The first-order valence-electron chi connectivity index (χ1n) is 8.64. The molecule has 0 aromatic carbocycles. The fraction of sp³-hybridized carbons (Fsp3) is 0.882. The molecule has 0 radical (unpaired) electrons. The second-order valence-corrected chi connectivity index (χ2v) is 6.26. The summed E-state index contributed by atoms with van der Waals surface area (Å²) < 4.78 is 0. The molecule has 2 N–H and O–H groups in total. The number of hydrogen-bond donors (Lipinski definition) is 2. The molecule has 1 fully saturated rings. The molecule has 21 heavy (non-hydrogen) atoms. The second kappa shape index (κ2) is 11.7. The third kappa shape index (κ3) is 8.86. The lowest BCUT2D eigenvalue weighted by atomic mass is 9.85. The van der Waals surface area contributed by atoms with E-state index in [9.17, 15) is 9.59 Å². The Morgan fingerprint density at radius 3 is 2.29 bits per heavy atom. The van der Waals surface area contributed by atoms with Gasteiger partial charge < -0.3 is 15.2 Å². The van der Waals surface area contributed by atoms with Crippen molar-refractivity contribution < 1.29 is 14.7 Å². The predicted octanol–water partition coefficient (Wildman–Crippen LogP) is 3.54. The van der Waals surface area contributed by atoms with Crippen LogP contribution in [0.5, 0.6) is 0 Å². The van der Waals surface area contributed by atoms with E-state index >= 15 is 0 Å². The molecule has 1 saturated carbocycles. The Balaban J connectivity index is 1.88. The number of carbonyl (C=O) groups is 2. The van der Waals surface area contributed by atoms with Gasteiger partial charge in [0.15, 0.2) is 0 Å². The molecule has 2 unspecified atom stereocenters. The van der Waals surface area contributed by atoms with Crippen molar-refractivity contribution in [2.45, 2.75) is 83.1 Å². The number of aldehydes is 1. The summed E-state index contributed by atoms with van der Waals surface area (Å²) in [6.07, 6.45) is 13.9. The number of hydrogen-bond acceptors (Lipinski definition) is 3. The summed E-state index contributed by atoms with van der Waals surface area (Å²) in [5.74, 6) is -0.453. The zero-order valence-corrected chi connectivity index (χ0v) is 13.2. The van der Waals surface area contributed by atoms with Crippen molar-refractivity contribution in [3.63, 3.8) is 0 Å². The lowest BCUT2D eigenvalue weighted by Gasteiger charge is -2.28. The van der Waals surface area contributed by atoms with Gasteiger partial charge in [0.05, 0.1) is 0 Å². The van der Waals surface area contributed by atoms with Gasteiger partial charge in [0.1, 0.15) is 6.29 Å². The van der Waals surface area contributed by atoms with Crippen molar-refractivity contribution in [3.8, 4) is 0 Å². The highest BCUT2D eigenvalue weighted by molar-refractivity contribution is 5.66. The van der Waals surface area contributed by atoms with Crippen molar-refractivity contribution in [2.24, 2.45) is 5.92 Å².